The predicted octanol–water partition coefficient (Wildman–Crippen LogP) is 3.00. The van der Waals surface area contributed by atoms with Crippen molar-refractivity contribution in [2.75, 3.05) is 0 Å². The van der Waals surface area contributed by atoms with Crippen molar-refractivity contribution in [3.8, 4) is 0 Å². The van der Waals surface area contributed by atoms with Gasteiger partial charge in [-0.3, -0.25) is 4.79 Å². The molecular formula is C13H22O2. The molecule has 15 heavy (non-hydrogen) atoms. The van der Waals surface area contributed by atoms with Crippen molar-refractivity contribution in [3.05, 3.63) is 12.2 Å². The summed E-state index contributed by atoms with van der Waals surface area (Å²) in [5.74, 6) is 0.0284. The van der Waals surface area contributed by atoms with Crippen molar-refractivity contribution in [2.45, 2.75) is 63.9 Å². The molecule has 1 saturated carbocycles. The minimum Gasteiger partial charge on any atom is -0.382 e. The summed E-state index contributed by atoms with van der Waals surface area (Å²) in [7, 11) is 0. The monoisotopic (exact) mass is 210 g/mol. The first-order valence-corrected chi connectivity index (χ1v) is 6.10. The third kappa shape index (κ3) is 3.78. The Labute approximate surface area is 92.4 Å². The van der Waals surface area contributed by atoms with E-state index in [0.29, 0.717) is 19.3 Å². The zero-order valence-electron chi connectivity index (χ0n) is 9.67. The molecule has 2 heteroatoms. The Hall–Kier alpha value is -0.630. The van der Waals surface area contributed by atoms with Crippen LogP contribution in [0.3, 0.4) is 0 Å². The van der Waals surface area contributed by atoms with Crippen molar-refractivity contribution in [1.82, 2.24) is 0 Å². The van der Waals surface area contributed by atoms with Gasteiger partial charge in [0.25, 0.3) is 0 Å². The van der Waals surface area contributed by atoms with Crippen LogP contribution in [-0.2, 0) is 4.79 Å². The summed E-state index contributed by atoms with van der Waals surface area (Å²) in [5.41, 5.74) is -1.03. The van der Waals surface area contributed by atoms with Gasteiger partial charge < -0.3 is 5.11 Å². The number of carbonyl (C=O) groups is 1. The van der Waals surface area contributed by atoms with E-state index in [2.05, 4.69) is 13.0 Å². The maximum Gasteiger partial charge on any atom is 0.164 e. The lowest BCUT2D eigenvalue weighted by molar-refractivity contribution is -0.133. The predicted molar refractivity (Wildman–Crippen MR) is 61.7 cm³/mol. The van der Waals surface area contributed by atoms with Crippen LogP contribution >= 0.6 is 0 Å². The van der Waals surface area contributed by atoms with Crippen molar-refractivity contribution >= 4 is 5.78 Å². The Bertz CT molecular complexity index is 233. The molecule has 0 bridgehead atoms. The largest absolute Gasteiger partial charge is 0.382 e. The maximum absolute atomic E-state index is 11.4. The van der Waals surface area contributed by atoms with Crippen LogP contribution in [0.4, 0.5) is 0 Å². The van der Waals surface area contributed by atoms with Crippen molar-refractivity contribution in [2.24, 2.45) is 0 Å². The molecule has 0 unspecified atom stereocenters. The van der Waals surface area contributed by atoms with Gasteiger partial charge in [-0.2, -0.15) is 0 Å². The van der Waals surface area contributed by atoms with E-state index in [-0.39, 0.29) is 5.78 Å². The standard InChI is InChI=1S/C13H22O2/c1-2-3-4-5-6-7-10-13(15)11-8-9-12(13)14/h6-7,15H,2-5,8-11H2,1H3/t13-/m0/s1. The Morgan fingerprint density at radius 2 is 2.20 bits per heavy atom. The number of ketones is 1. The number of aliphatic hydroxyl groups is 1. The van der Waals surface area contributed by atoms with Gasteiger partial charge in [-0.1, -0.05) is 31.9 Å². The number of hydrogen-bond donors (Lipinski definition) is 1. The Morgan fingerprint density at radius 3 is 2.80 bits per heavy atom. The van der Waals surface area contributed by atoms with E-state index in [1.807, 2.05) is 6.08 Å². The highest BCUT2D eigenvalue weighted by Gasteiger charge is 2.38. The van der Waals surface area contributed by atoms with Gasteiger partial charge in [0.2, 0.25) is 0 Å². The van der Waals surface area contributed by atoms with Crippen LogP contribution in [0.2, 0.25) is 0 Å². The molecule has 0 aliphatic heterocycles. The first kappa shape index (κ1) is 12.4. The molecule has 0 amide bonds. The van der Waals surface area contributed by atoms with Crippen LogP contribution in [0.15, 0.2) is 12.2 Å². The number of carbonyl (C=O) groups excluding carboxylic acids is 1. The lowest BCUT2D eigenvalue weighted by Gasteiger charge is -2.17. The lowest BCUT2D eigenvalue weighted by Crippen LogP contribution is -2.32. The molecule has 0 aromatic rings. The molecule has 1 aliphatic carbocycles. The minimum atomic E-state index is -1.03. The third-order valence-electron chi connectivity index (χ3n) is 3.11. The quantitative estimate of drug-likeness (QED) is 0.540. The summed E-state index contributed by atoms with van der Waals surface area (Å²) in [5, 5.41) is 9.96. The highest BCUT2D eigenvalue weighted by Crippen LogP contribution is 2.29. The molecule has 1 N–H and O–H groups in total. The number of hydrogen-bond acceptors (Lipinski definition) is 2. The van der Waals surface area contributed by atoms with Gasteiger partial charge in [0.15, 0.2) is 5.78 Å². The first-order valence-electron chi connectivity index (χ1n) is 6.10. The Kier molecular flexibility index (Phi) is 5.03. The van der Waals surface area contributed by atoms with Gasteiger partial charge in [0, 0.05) is 12.8 Å². The molecule has 1 aliphatic rings. The summed E-state index contributed by atoms with van der Waals surface area (Å²) in [4.78, 5) is 11.4. The lowest BCUT2D eigenvalue weighted by atomic mass is 9.96. The number of Topliss-reactive ketones (excluding diaryl/α,β-unsaturated/α-hetero) is 1. The average Bonchev–Trinajstić information content (AvgIpc) is 2.54. The molecule has 0 aromatic carbocycles. The maximum atomic E-state index is 11.4. The molecule has 1 fully saturated rings. The zero-order chi connectivity index (χ0) is 11.1. The van der Waals surface area contributed by atoms with Gasteiger partial charge >= 0.3 is 0 Å². The molecule has 0 radical (unpaired) electrons. The fourth-order valence-electron chi connectivity index (χ4n) is 2.04. The van der Waals surface area contributed by atoms with Crippen LogP contribution in [0.25, 0.3) is 0 Å². The van der Waals surface area contributed by atoms with E-state index < -0.39 is 5.60 Å². The molecule has 0 saturated heterocycles. The van der Waals surface area contributed by atoms with Crippen LogP contribution in [0, 0.1) is 0 Å². The van der Waals surface area contributed by atoms with E-state index in [1.54, 1.807) is 0 Å². The molecule has 0 aromatic heterocycles. The smallest absolute Gasteiger partial charge is 0.164 e. The van der Waals surface area contributed by atoms with Gasteiger partial charge in [-0.05, 0) is 25.7 Å². The van der Waals surface area contributed by atoms with E-state index >= 15 is 0 Å². The minimum absolute atomic E-state index is 0.0284. The van der Waals surface area contributed by atoms with E-state index in [9.17, 15) is 9.90 Å². The average molecular weight is 210 g/mol. The summed E-state index contributed by atoms with van der Waals surface area (Å²) in [6, 6.07) is 0. The van der Waals surface area contributed by atoms with Crippen molar-refractivity contribution < 1.29 is 9.90 Å². The summed E-state index contributed by atoms with van der Waals surface area (Å²) < 4.78 is 0. The number of unbranched alkanes of at least 4 members (excludes halogenated alkanes) is 3. The summed E-state index contributed by atoms with van der Waals surface area (Å²) >= 11 is 0. The van der Waals surface area contributed by atoms with Gasteiger partial charge in [0.05, 0.1) is 0 Å². The topological polar surface area (TPSA) is 37.3 Å². The molecular weight excluding hydrogens is 188 g/mol. The number of rotatable bonds is 6. The SMILES string of the molecule is CCCCCC=CC[C@]1(O)CCCC1=O. The van der Waals surface area contributed by atoms with Gasteiger partial charge in [-0.25, -0.2) is 0 Å². The van der Waals surface area contributed by atoms with E-state index in [0.717, 1.165) is 12.8 Å². The summed E-state index contributed by atoms with van der Waals surface area (Å²) in [6.07, 6.45) is 11.4. The summed E-state index contributed by atoms with van der Waals surface area (Å²) in [6.45, 7) is 2.18. The molecule has 1 rings (SSSR count). The Balaban J connectivity index is 2.21. The molecule has 0 spiro atoms. The molecule has 2 nitrogen and oxygen atoms in total. The third-order valence-corrected chi connectivity index (χ3v) is 3.11. The fourth-order valence-corrected chi connectivity index (χ4v) is 2.04. The van der Waals surface area contributed by atoms with Crippen molar-refractivity contribution in [3.63, 3.8) is 0 Å². The highest BCUT2D eigenvalue weighted by molar-refractivity contribution is 5.89. The van der Waals surface area contributed by atoms with Gasteiger partial charge in [-0.15, -0.1) is 0 Å². The second kappa shape index (κ2) is 6.06. The Morgan fingerprint density at radius 1 is 1.40 bits per heavy atom. The second-order valence-corrected chi connectivity index (χ2v) is 4.48. The van der Waals surface area contributed by atoms with Crippen LogP contribution < -0.4 is 0 Å². The van der Waals surface area contributed by atoms with Crippen LogP contribution in [-0.4, -0.2) is 16.5 Å². The molecule has 1 atom stereocenters. The number of allylic oxidation sites excluding steroid dienone is 1. The van der Waals surface area contributed by atoms with E-state index in [4.69, 9.17) is 0 Å². The highest BCUT2D eigenvalue weighted by atomic mass is 16.3. The van der Waals surface area contributed by atoms with Crippen LogP contribution in [0.5, 0.6) is 0 Å². The van der Waals surface area contributed by atoms with Crippen molar-refractivity contribution in [1.29, 1.82) is 0 Å². The molecule has 0 heterocycles. The first-order chi connectivity index (χ1) is 7.19. The van der Waals surface area contributed by atoms with E-state index in [1.165, 1.54) is 19.3 Å². The zero-order valence-corrected chi connectivity index (χ0v) is 9.67. The van der Waals surface area contributed by atoms with Crippen LogP contribution in [0.1, 0.15) is 58.3 Å². The fraction of sp³-hybridized carbons (Fsp3) is 0.769. The normalized spacial score (nSPS) is 26.7. The second-order valence-electron chi connectivity index (χ2n) is 4.48. The molecule has 86 valence electrons. The van der Waals surface area contributed by atoms with Gasteiger partial charge in [0.1, 0.15) is 5.60 Å².